The second-order valence-corrected chi connectivity index (χ2v) is 11.1. The van der Waals surface area contributed by atoms with Gasteiger partial charge in [0.2, 0.25) is 0 Å². The first kappa shape index (κ1) is 22.3. The number of nitrogens with zero attached hydrogens (tertiary/aromatic N) is 2. The molecule has 1 heterocycles. The summed E-state index contributed by atoms with van der Waals surface area (Å²) in [6.07, 6.45) is 6.47. The highest BCUT2D eigenvalue weighted by molar-refractivity contribution is 9.11. The van der Waals surface area contributed by atoms with Gasteiger partial charge in [0.1, 0.15) is 12.4 Å². The average Bonchev–Trinajstić information content (AvgIpc) is 3.41. The first-order valence-electron chi connectivity index (χ1n) is 9.99. The molecule has 2 aliphatic carbocycles. The van der Waals surface area contributed by atoms with Gasteiger partial charge in [-0.25, -0.2) is 0 Å². The maximum Gasteiger partial charge on any atom is 0.254 e. The van der Waals surface area contributed by atoms with Crippen molar-refractivity contribution >= 4 is 77.4 Å². The largest absolute Gasteiger partial charge is 0.487 e. The second-order valence-electron chi connectivity index (χ2n) is 8.06. The van der Waals surface area contributed by atoms with Crippen molar-refractivity contribution in [1.29, 1.82) is 0 Å². The van der Waals surface area contributed by atoms with Crippen molar-refractivity contribution in [2.45, 2.75) is 13.0 Å². The van der Waals surface area contributed by atoms with Crippen molar-refractivity contribution in [1.82, 2.24) is 5.01 Å². The Morgan fingerprint density at radius 1 is 1.03 bits per heavy atom. The Morgan fingerprint density at radius 2 is 1.72 bits per heavy atom. The maximum absolute atomic E-state index is 12.9. The van der Waals surface area contributed by atoms with E-state index in [0.717, 1.165) is 25.9 Å². The van der Waals surface area contributed by atoms with E-state index in [1.54, 1.807) is 12.1 Å². The minimum absolute atomic E-state index is 0.144. The lowest BCUT2D eigenvalue weighted by molar-refractivity contribution is -0.140. The summed E-state index contributed by atoms with van der Waals surface area (Å²) in [5.74, 6) is -0.215. The molecule has 0 N–H and O–H groups in total. The van der Waals surface area contributed by atoms with Gasteiger partial charge in [0.05, 0.1) is 22.5 Å². The zero-order valence-corrected chi connectivity index (χ0v) is 22.0. The summed E-state index contributed by atoms with van der Waals surface area (Å²) in [6, 6.07) is 9.26. The smallest absolute Gasteiger partial charge is 0.254 e. The van der Waals surface area contributed by atoms with Crippen molar-refractivity contribution in [3.8, 4) is 5.75 Å². The van der Waals surface area contributed by atoms with Crippen molar-refractivity contribution in [3.05, 3.63) is 72.1 Å². The fourth-order valence-corrected chi connectivity index (χ4v) is 6.85. The standard InChI is InChI=1S/C23H16Br3ClN2O3/c24-15-4-3-13(17(25)7-15)10-32-21-14(6-16(27)8-18(21)26)9-28-29-22(30)19-11-1-2-12(5-11)20(19)23(29)31/h1-4,6-9,11-12,19-20H,5,10H2/t11-,12-,19-,20+/m0/s1. The third kappa shape index (κ3) is 3.89. The van der Waals surface area contributed by atoms with Gasteiger partial charge < -0.3 is 4.74 Å². The molecule has 2 aromatic carbocycles. The molecule has 2 amide bonds. The van der Waals surface area contributed by atoms with Crippen molar-refractivity contribution < 1.29 is 14.3 Å². The normalized spacial score (nSPS) is 25.9. The summed E-state index contributed by atoms with van der Waals surface area (Å²) in [4.78, 5) is 25.8. The molecule has 1 saturated carbocycles. The fraction of sp³-hybridized carbons (Fsp3) is 0.261. The summed E-state index contributed by atoms with van der Waals surface area (Å²) in [5, 5.41) is 5.77. The number of carbonyl (C=O) groups is 2. The first-order chi connectivity index (χ1) is 15.3. The van der Waals surface area contributed by atoms with E-state index in [9.17, 15) is 9.59 Å². The van der Waals surface area contributed by atoms with Crippen LogP contribution in [0, 0.1) is 23.7 Å². The summed E-state index contributed by atoms with van der Waals surface area (Å²) in [5.41, 5.74) is 1.52. The Labute approximate surface area is 215 Å². The zero-order valence-electron chi connectivity index (χ0n) is 16.5. The monoisotopic (exact) mass is 640 g/mol. The summed E-state index contributed by atoms with van der Waals surface area (Å²) in [6.45, 7) is 0.301. The van der Waals surface area contributed by atoms with Gasteiger partial charge in [-0.1, -0.05) is 61.7 Å². The van der Waals surface area contributed by atoms with Crippen LogP contribution in [0.15, 0.2) is 61.0 Å². The van der Waals surface area contributed by atoms with Gasteiger partial charge in [0.25, 0.3) is 11.8 Å². The van der Waals surface area contributed by atoms with E-state index in [1.165, 1.54) is 6.21 Å². The predicted molar refractivity (Wildman–Crippen MR) is 132 cm³/mol. The number of imide groups is 1. The molecule has 3 aliphatic rings. The molecule has 2 aromatic rings. The molecule has 9 heteroatoms. The molecule has 0 radical (unpaired) electrons. The van der Waals surface area contributed by atoms with E-state index in [4.69, 9.17) is 16.3 Å². The van der Waals surface area contributed by atoms with Gasteiger partial charge in [0, 0.05) is 25.1 Å². The third-order valence-electron chi connectivity index (χ3n) is 6.18. The van der Waals surface area contributed by atoms with Crippen LogP contribution in [0.25, 0.3) is 0 Å². The van der Waals surface area contributed by atoms with Gasteiger partial charge in [0.15, 0.2) is 0 Å². The summed E-state index contributed by atoms with van der Waals surface area (Å²) >= 11 is 16.7. The number of ether oxygens (including phenoxy) is 1. The van der Waals surface area contributed by atoms with Gasteiger partial charge in [-0.3, -0.25) is 9.59 Å². The molecular weight excluding hydrogens is 627 g/mol. The molecule has 0 aromatic heterocycles. The number of amides is 2. The molecular formula is C23H16Br3ClN2O3. The topological polar surface area (TPSA) is 59.0 Å². The van der Waals surface area contributed by atoms with E-state index in [0.29, 0.717) is 27.4 Å². The van der Waals surface area contributed by atoms with Crippen LogP contribution in [0.5, 0.6) is 5.75 Å². The zero-order chi connectivity index (χ0) is 22.6. The lowest BCUT2D eigenvalue weighted by Gasteiger charge is -2.14. The first-order valence-corrected chi connectivity index (χ1v) is 12.7. The third-order valence-corrected chi connectivity index (χ3v) is 8.22. The van der Waals surface area contributed by atoms with Gasteiger partial charge in [-0.2, -0.15) is 10.1 Å². The highest BCUT2D eigenvalue weighted by Gasteiger charge is 2.59. The van der Waals surface area contributed by atoms with Gasteiger partial charge in [-0.05, 0) is 58.5 Å². The Balaban J connectivity index is 1.40. The van der Waals surface area contributed by atoms with Crippen LogP contribution in [0.3, 0.4) is 0 Å². The molecule has 164 valence electrons. The van der Waals surface area contributed by atoms with Crippen molar-refractivity contribution in [2.75, 3.05) is 0 Å². The van der Waals surface area contributed by atoms with Crippen LogP contribution in [-0.2, 0) is 16.2 Å². The number of rotatable bonds is 5. The Morgan fingerprint density at radius 3 is 2.38 bits per heavy atom. The number of allylic oxidation sites excluding steroid dienone is 2. The molecule has 5 rings (SSSR count). The number of carbonyl (C=O) groups excluding carboxylic acids is 2. The molecule has 2 bridgehead atoms. The minimum atomic E-state index is -0.286. The molecule has 4 atom stereocenters. The highest BCUT2D eigenvalue weighted by atomic mass is 79.9. The lowest BCUT2D eigenvalue weighted by atomic mass is 9.85. The number of hydrogen-bond acceptors (Lipinski definition) is 4. The van der Waals surface area contributed by atoms with Crippen LogP contribution in [-0.4, -0.2) is 23.0 Å². The SMILES string of the molecule is O=C1[C@@H]2[C@H](C(=O)N1N=Cc1cc(Cl)cc(Br)c1OCc1ccc(Br)cc1Br)[C@H]1C=C[C@H]2C1. The molecule has 1 saturated heterocycles. The van der Waals surface area contributed by atoms with Crippen LogP contribution in [0.2, 0.25) is 5.02 Å². The number of benzene rings is 2. The summed E-state index contributed by atoms with van der Waals surface area (Å²) < 4.78 is 8.60. The summed E-state index contributed by atoms with van der Waals surface area (Å²) in [7, 11) is 0. The molecule has 5 nitrogen and oxygen atoms in total. The molecule has 0 spiro atoms. The quantitative estimate of drug-likeness (QED) is 0.217. The molecule has 32 heavy (non-hydrogen) atoms. The van der Waals surface area contributed by atoms with Crippen LogP contribution < -0.4 is 4.74 Å². The van der Waals surface area contributed by atoms with E-state index in [1.807, 2.05) is 18.2 Å². The molecule has 1 aliphatic heterocycles. The Kier molecular flexibility index (Phi) is 6.07. The van der Waals surface area contributed by atoms with Crippen molar-refractivity contribution in [3.63, 3.8) is 0 Å². The lowest BCUT2D eigenvalue weighted by Crippen LogP contribution is -2.28. The van der Waals surface area contributed by atoms with E-state index < -0.39 is 0 Å². The second kappa shape index (κ2) is 8.70. The minimum Gasteiger partial charge on any atom is -0.487 e. The van der Waals surface area contributed by atoms with Crippen LogP contribution in [0.4, 0.5) is 0 Å². The number of hydrazone groups is 1. The highest BCUT2D eigenvalue weighted by Crippen LogP contribution is 2.52. The van der Waals surface area contributed by atoms with Gasteiger partial charge >= 0.3 is 0 Å². The molecule has 2 fully saturated rings. The maximum atomic E-state index is 12.9. The van der Waals surface area contributed by atoms with E-state index >= 15 is 0 Å². The predicted octanol–water partition coefficient (Wildman–Crippen LogP) is 6.35. The number of hydrogen-bond donors (Lipinski definition) is 0. The van der Waals surface area contributed by atoms with Crippen LogP contribution in [0.1, 0.15) is 17.5 Å². The fourth-order valence-electron chi connectivity index (χ4n) is 4.74. The van der Waals surface area contributed by atoms with E-state index in [-0.39, 0.29) is 35.5 Å². The number of fused-ring (bicyclic) bond motifs is 5. The number of halogens is 4. The van der Waals surface area contributed by atoms with Crippen LogP contribution >= 0.6 is 59.4 Å². The van der Waals surface area contributed by atoms with Gasteiger partial charge in [-0.15, -0.1) is 0 Å². The Hall–Kier alpha value is -1.48. The van der Waals surface area contributed by atoms with Crippen molar-refractivity contribution in [2.24, 2.45) is 28.8 Å². The Bertz CT molecular complexity index is 1170. The molecule has 0 unspecified atom stereocenters. The van der Waals surface area contributed by atoms with E-state index in [2.05, 4.69) is 65.0 Å². The average molecular weight is 644 g/mol.